The number of nitrogen functional groups attached to an aromatic ring is 1. The Hall–Kier alpha value is -1.26. The van der Waals surface area contributed by atoms with Crippen LogP contribution in [0.4, 0.5) is 11.4 Å². The highest BCUT2D eigenvalue weighted by atomic mass is 16.5. The van der Waals surface area contributed by atoms with Gasteiger partial charge in [-0.15, -0.1) is 0 Å². The second kappa shape index (κ2) is 7.54. The second-order valence-electron chi connectivity index (χ2n) is 7.22. The first-order chi connectivity index (χ1) is 11.2. The Bertz CT molecular complexity index is 511. The number of rotatable bonds is 4. The smallest absolute Gasteiger partial charge is 0.0586 e. The molecule has 0 spiro atoms. The minimum absolute atomic E-state index is 0.469. The van der Waals surface area contributed by atoms with E-state index >= 15 is 0 Å². The number of nitrogens with one attached hydrogen (secondary N) is 1. The highest BCUT2D eigenvalue weighted by Crippen LogP contribution is 2.28. The number of ether oxygens (including phenoxy) is 1. The van der Waals surface area contributed by atoms with Crippen LogP contribution in [-0.2, 0) is 4.74 Å². The Morgan fingerprint density at radius 3 is 2.70 bits per heavy atom. The molecule has 1 aliphatic heterocycles. The van der Waals surface area contributed by atoms with Crippen molar-refractivity contribution < 1.29 is 4.74 Å². The molecule has 0 aromatic heterocycles. The third-order valence-corrected chi connectivity index (χ3v) is 5.55. The Kier molecular flexibility index (Phi) is 5.44. The summed E-state index contributed by atoms with van der Waals surface area (Å²) in [5, 5.41) is 3.66. The van der Waals surface area contributed by atoms with Crippen LogP contribution in [0.15, 0.2) is 18.2 Å². The van der Waals surface area contributed by atoms with Crippen LogP contribution in [0, 0.1) is 6.92 Å². The number of likely N-dealkylation sites (tertiary alicyclic amines) is 1. The second-order valence-corrected chi connectivity index (χ2v) is 7.22. The summed E-state index contributed by atoms with van der Waals surface area (Å²) in [7, 11) is 1.86. The third kappa shape index (κ3) is 4.18. The molecule has 0 amide bonds. The molecule has 0 unspecified atom stereocenters. The molecule has 2 fully saturated rings. The number of methoxy groups -OCH3 is 1. The lowest BCUT2D eigenvalue weighted by atomic mass is 9.90. The standard InChI is InChI=1S/C19H31N3O/c1-14-6-7-18(20)19(12-14)21-15-8-10-22(11-9-15)16-4-3-5-17(13-16)23-2/h6-7,12,15-17,21H,3-5,8-11,13,20H2,1-2H3/t16-,17+/m0/s1. The van der Waals surface area contributed by atoms with Gasteiger partial charge in [-0.2, -0.15) is 0 Å². The Morgan fingerprint density at radius 1 is 1.17 bits per heavy atom. The number of benzene rings is 1. The summed E-state index contributed by atoms with van der Waals surface area (Å²) in [6.07, 6.45) is 7.95. The third-order valence-electron chi connectivity index (χ3n) is 5.55. The number of anilines is 2. The molecule has 0 bridgehead atoms. The van der Waals surface area contributed by atoms with E-state index in [1.54, 1.807) is 0 Å². The first-order valence-corrected chi connectivity index (χ1v) is 9.05. The quantitative estimate of drug-likeness (QED) is 0.836. The number of piperidine rings is 1. The Morgan fingerprint density at radius 2 is 1.96 bits per heavy atom. The van der Waals surface area contributed by atoms with E-state index in [9.17, 15) is 0 Å². The van der Waals surface area contributed by atoms with Crippen LogP contribution in [0.2, 0.25) is 0 Å². The molecule has 1 aliphatic carbocycles. The average Bonchev–Trinajstić information content (AvgIpc) is 2.59. The zero-order chi connectivity index (χ0) is 16.2. The van der Waals surface area contributed by atoms with Gasteiger partial charge in [0, 0.05) is 32.3 Å². The maximum Gasteiger partial charge on any atom is 0.0586 e. The fraction of sp³-hybridized carbons (Fsp3) is 0.684. The van der Waals surface area contributed by atoms with Crippen LogP contribution >= 0.6 is 0 Å². The van der Waals surface area contributed by atoms with Crippen LogP contribution in [0.1, 0.15) is 44.1 Å². The highest BCUT2D eigenvalue weighted by Gasteiger charge is 2.29. The van der Waals surface area contributed by atoms with Crippen LogP contribution in [0.5, 0.6) is 0 Å². The van der Waals surface area contributed by atoms with E-state index in [-0.39, 0.29) is 0 Å². The van der Waals surface area contributed by atoms with E-state index < -0.39 is 0 Å². The molecule has 1 saturated heterocycles. The van der Waals surface area contributed by atoms with Crippen molar-refractivity contribution in [3.8, 4) is 0 Å². The number of aryl methyl sites for hydroxylation is 1. The molecule has 1 heterocycles. The molecule has 3 rings (SSSR count). The van der Waals surface area contributed by atoms with E-state index in [1.807, 2.05) is 13.2 Å². The maximum atomic E-state index is 6.09. The van der Waals surface area contributed by atoms with Crippen molar-refractivity contribution in [2.75, 3.05) is 31.2 Å². The topological polar surface area (TPSA) is 50.5 Å². The summed E-state index contributed by atoms with van der Waals surface area (Å²) >= 11 is 0. The van der Waals surface area contributed by atoms with Crippen molar-refractivity contribution in [2.45, 2.75) is 63.6 Å². The van der Waals surface area contributed by atoms with Crippen molar-refractivity contribution >= 4 is 11.4 Å². The number of nitrogens with zero attached hydrogens (tertiary/aromatic N) is 1. The SMILES string of the molecule is CO[C@@H]1CCC[C@H](N2CCC(Nc3cc(C)ccc3N)CC2)C1. The lowest BCUT2D eigenvalue weighted by Gasteiger charge is -2.41. The van der Waals surface area contributed by atoms with Crippen LogP contribution in [0.3, 0.4) is 0 Å². The first kappa shape index (κ1) is 16.6. The summed E-state index contributed by atoms with van der Waals surface area (Å²) in [6, 6.07) is 7.49. The maximum absolute atomic E-state index is 6.09. The van der Waals surface area contributed by atoms with Crippen molar-refractivity contribution in [3.05, 3.63) is 23.8 Å². The van der Waals surface area contributed by atoms with Crippen LogP contribution < -0.4 is 11.1 Å². The molecule has 4 nitrogen and oxygen atoms in total. The summed E-state index contributed by atoms with van der Waals surface area (Å²) in [5.41, 5.74) is 9.30. The fourth-order valence-corrected chi connectivity index (χ4v) is 4.09. The first-order valence-electron chi connectivity index (χ1n) is 9.05. The van der Waals surface area contributed by atoms with Gasteiger partial charge in [0.15, 0.2) is 0 Å². The minimum atomic E-state index is 0.469. The Balaban J connectivity index is 1.51. The van der Waals surface area contributed by atoms with Gasteiger partial charge in [-0.1, -0.05) is 6.07 Å². The average molecular weight is 317 g/mol. The van der Waals surface area contributed by atoms with Gasteiger partial charge in [0.2, 0.25) is 0 Å². The molecule has 1 aromatic carbocycles. The van der Waals surface area contributed by atoms with Gasteiger partial charge < -0.3 is 20.7 Å². The summed E-state index contributed by atoms with van der Waals surface area (Å²) < 4.78 is 5.58. The molecule has 2 aliphatic rings. The van der Waals surface area contributed by atoms with Crippen molar-refractivity contribution in [1.29, 1.82) is 0 Å². The van der Waals surface area contributed by atoms with Crippen LogP contribution in [0.25, 0.3) is 0 Å². The molecule has 1 saturated carbocycles. The lowest BCUT2D eigenvalue weighted by Crippen LogP contribution is -2.47. The summed E-state index contributed by atoms with van der Waals surface area (Å²) in [4.78, 5) is 2.68. The molecule has 0 radical (unpaired) electrons. The zero-order valence-electron chi connectivity index (χ0n) is 14.6. The number of hydrogen-bond acceptors (Lipinski definition) is 4. The molecule has 128 valence electrons. The van der Waals surface area contributed by atoms with E-state index in [0.29, 0.717) is 12.1 Å². The van der Waals surface area contributed by atoms with Gasteiger partial charge in [-0.3, -0.25) is 0 Å². The van der Waals surface area contributed by atoms with Crippen molar-refractivity contribution in [3.63, 3.8) is 0 Å². The van der Waals surface area contributed by atoms with Crippen LogP contribution in [-0.4, -0.2) is 43.3 Å². The van der Waals surface area contributed by atoms with Gasteiger partial charge >= 0.3 is 0 Å². The number of nitrogens with two attached hydrogens (primary N) is 1. The lowest BCUT2D eigenvalue weighted by molar-refractivity contribution is 0.0218. The van der Waals surface area contributed by atoms with E-state index in [2.05, 4.69) is 29.3 Å². The van der Waals surface area contributed by atoms with Gasteiger partial charge in [0.25, 0.3) is 0 Å². The minimum Gasteiger partial charge on any atom is -0.397 e. The van der Waals surface area contributed by atoms with Gasteiger partial charge in [0.1, 0.15) is 0 Å². The Labute approximate surface area is 140 Å². The number of hydrogen-bond donors (Lipinski definition) is 2. The van der Waals surface area contributed by atoms with E-state index in [1.165, 1.54) is 57.2 Å². The van der Waals surface area contributed by atoms with Gasteiger partial charge in [-0.05, 0) is 63.1 Å². The van der Waals surface area contributed by atoms with Gasteiger partial charge in [-0.25, -0.2) is 0 Å². The monoisotopic (exact) mass is 317 g/mol. The van der Waals surface area contributed by atoms with E-state index in [0.717, 1.165) is 17.4 Å². The highest BCUT2D eigenvalue weighted by molar-refractivity contribution is 5.67. The molecule has 1 aromatic rings. The molecule has 2 atom stereocenters. The van der Waals surface area contributed by atoms with Crippen molar-refractivity contribution in [2.24, 2.45) is 0 Å². The largest absolute Gasteiger partial charge is 0.397 e. The molecule has 23 heavy (non-hydrogen) atoms. The predicted molar refractivity (Wildman–Crippen MR) is 96.9 cm³/mol. The van der Waals surface area contributed by atoms with E-state index in [4.69, 9.17) is 10.5 Å². The van der Waals surface area contributed by atoms with Gasteiger partial charge in [0.05, 0.1) is 17.5 Å². The molecular weight excluding hydrogens is 286 g/mol. The molecule has 3 N–H and O–H groups in total. The normalized spacial score (nSPS) is 27.0. The summed E-state index contributed by atoms with van der Waals surface area (Å²) in [5.74, 6) is 0. The summed E-state index contributed by atoms with van der Waals surface area (Å²) in [6.45, 7) is 4.48. The molecule has 4 heteroatoms. The molecular formula is C19H31N3O. The fourth-order valence-electron chi connectivity index (χ4n) is 4.09. The van der Waals surface area contributed by atoms with Crippen molar-refractivity contribution in [1.82, 2.24) is 4.90 Å². The zero-order valence-corrected chi connectivity index (χ0v) is 14.6. The predicted octanol–water partition coefficient (Wildman–Crippen LogP) is 3.41.